The van der Waals surface area contributed by atoms with Crippen LogP contribution in [0, 0.1) is 0 Å². The van der Waals surface area contributed by atoms with Crippen molar-refractivity contribution in [1.29, 1.82) is 0 Å². The third kappa shape index (κ3) is 1.33. The smallest absolute Gasteiger partial charge is 0.161 e. The summed E-state index contributed by atoms with van der Waals surface area (Å²) >= 11 is 0. The van der Waals surface area contributed by atoms with Gasteiger partial charge in [0.2, 0.25) is 0 Å². The molecule has 2 heterocycles. The number of aromatic nitrogens is 2. The van der Waals surface area contributed by atoms with Gasteiger partial charge in [-0.05, 0) is 24.6 Å². The Labute approximate surface area is 76.6 Å². The van der Waals surface area contributed by atoms with E-state index in [2.05, 4.69) is 16.9 Å². The number of nitrogens with zero attached hydrogens (tertiary/aromatic N) is 2. The molecule has 0 aromatic carbocycles. The molecule has 0 saturated heterocycles. The van der Waals surface area contributed by atoms with Gasteiger partial charge in [-0.1, -0.05) is 6.92 Å². The first-order valence-corrected chi connectivity index (χ1v) is 4.31. The van der Waals surface area contributed by atoms with Gasteiger partial charge in [0.1, 0.15) is 0 Å². The highest BCUT2D eigenvalue weighted by molar-refractivity contribution is 5.87. The summed E-state index contributed by atoms with van der Waals surface area (Å²) in [6.45, 7) is 2.07. The Bertz CT molecular complexity index is 437. The van der Waals surface area contributed by atoms with Crippen LogP contribution in [0.4, 0.5) is 5.69 Å². The van der Waals surface area contributed by atoms with Crippen molar-refractivity contribution in [2.75, 3.05) is 5.73 Å². The van der Waals surface area contributed by atoms with Crippen molar-refractivity contribution in [3.05, 3.63) is 30.1 Å². The molecule has 0 aliphatic carbocycles. The Morgan fingerprint density at radius 3 is 2.92 bits per heavy atom. The lowest BCUT2D eigenvalue weighted by atomic mass is 10.2. The van der Waals surface area contributed by atoms with Crippen LogP contribution in [-0.4, -0.2) is 9.97 Å². The van der Waals surface area contributed by atoms with Crippen molar-refractivity contribution < 1.29 is 0 Å². The van der Waals surface area contributed by atoms with E-state index >= 15 is 0 Å². The molecule has 66 valence electrons. The molecule has 3 heteroatoms. The van der Waals surface area contributed by atoms with Gasteiger partial charge in [-0.2, -0.15) is 0 Å². The molecule has 2 aromatic heterocycles. The molecule has 13 heavy (non-hydrogen) atoms. The number of hydrogen-bond acceptors (Lipinski definition) is 3. The van der Waals surface area contributed by atoms with Gasteiger partial charge in [-0.3, -0.25) is 0 Å². The summed E-state index contributed by atoms with van der Waals surface area (Å²) in [5.74, 6) is 0. The average Bonchev–Trinajstić information content (AvgIpc) is 2.18. The Kier molecular flexibility index (Phi) is 1.85. The number of nitrogens with two attached hydrogens (primary N) is 1. The highest BCUT2D eigenvalue weighted by Crippen LogP contribution is 2.16. The largest absolute Gasteiger partial charge is 0.398 e. The lowest BCUT2D eigenvalue weighted by Crippen LogP contribution is -1.93. The zero-order valence-corrected chi connectivity index (χ0v) is 7.49. The van der Waals surface area contributed by atoms with Crippen molar-refractivity contribution in [3.8, 4) is 0 Å². The lowest BCUT2D eigenvalue weighted by Gasteiger charge is -2.01. The molecule has 0 aliphatic rings. The summed E-state index contributed by atoms with van der Waals surface area (Å²) in [6.07, 6.45) is 2.61. The molecular formula is C10H11N3. The quantitative estimate of drug-likeness (QED) is 0.715. The van der Waals surface area contributed by atoms with E-state index in [0.29, 0.717) is 0 Å². The summed E-state index contributed by atoms with van der Waals surface area (Å²) in [6, 6.07) is 5.75. The van der Waals surface area contributed by atoms with Gasteiger partial charge in [0, 0.05) is 23.0 Å². The number of fused-ring (bicyclic) bond motifs is 1. The van der Waals surface area contributed by atoms with Crippen LogP contribution in [0.5, 0.6) is 0 Å². The minimum absolute atomic E-state index is 0.736. The van der Waals surface area contributed by atoms with E-state index in [4.69, 9.17) is 5.73 Å². The topological polar surface area (TPSA) is 51.8 Å². The summed E-state index contributed by atoms with van der Waals surface area (Å²) in [4.78, 5) is 8.52. The predicted octanol–water partition coefficient (Wildman–Crippen LogP) is 1.77. The predicted molar refractivity (Wildman–Crippen MR) is 53.3 cm³/mol. The molecule has 0 bridgehead atoms. The zero-order chi connectivity index (χ0) is 9.26. The summed E-state index contributed by atoms with van der Waals surface area (Å²) in [5, 5.41) is 0.930. The maximum absolute atomic E-state index is 5.77. The number of aryl methyl sites for hydroxylation is 1. The fourth-order valence-corrected chi connectivity index (χ4v) is 1.29. The standard InChI is InChI=1S/C10H11N3/c1-2-7-3-4-8-9(11)5-6-12-10(8)13-7/h3-6H,2H2,1H3,(H2,11,12,13). The second-order valence-electron chi connectivity index (χ2n) is 2.93. The van der Waals surface area contributed by atoms with Gasteiger partial charge < -0.3 is 5.73 Å². The van der Waals surface area contributed by atoms with Gasteiger partial charge in [0.25, 0.3) is 0 Å². The zero-order valence-electron chi connectivity index (χ0n) is 7.49. The molecule has 2 N–H and O–H groups in total. The van der Waals surface area contributed by atoms with Crippen molar-refractivity contribution in [2.24, 2.45) is 0 Å². The van der Waals surface area contributed by atoms with Crippen LogP contribution in [0.3, 0.4) is 0 Å². The molecule has 0 fully saturated rings. The average molecular weight is 173 g/mol. The van der Waals surface area contributed by atoms with E-state index in [-0.39, 0.29) is 0 Å². The summed E-state index contributed by atoms with van der Waals surface area (Å²) in [7, 11) is 0. The molecule has 0 spiro atoms. The Morgan fingerprint density at radius 1 is 1.31 bits per heavy atom. The van der Waals surface area contributed by atoms with Crippen LogP contribution >= 0.6 is 0 Å². The molecule has 0 radical (unpaired) electrons. The first-order valence-electron chi connectivity index (χ1n) is 4.31. The van der Waals surface area contributed by atoms with Crippen LogP contribution in [0.15, 0.2) is 24.4 Å². The van der Waals surface area contributed by atoms with Gasteiger partial charge in [0.15, 0.2) is 5.65 Å². The minimum Gasteiger partial charge on any atom is -0.398 e. The fourth-order valence-electron chi connectivity index (χ4n) is 1.29. The van der Waals surface area contributed by atoms with Crippen molar-refractivity contribution in [2.45, 2.75) is 13.3 Å². The summed E-state index contributed by atoms with van der Waals surface area (Å²) in [5.41, 5.74) is 8.29. The van der Waals surface area contributed by atoms with Crippen molar-refractivity contribution in [1.82, 2.24) is 9.97 Å². The summed E-state index contributed by atoms with van der Waals surface area (Å²) < 4.78 is 0. The van der Waals surface area contributed by atoms with Crippen molar-refractivity contribution >= 4 is 16.7 Å². The molecule has 0 saturated carbocycles. The van der Waals surface area contributed by atoms with E-state index in [1.54, 1.807) is 12.3 Å². The highest BCUT2D eigenvalue weighted by Gasteiger charge is 1.99. The van der Waals surface area contributed by atoms with Gasteiger partial charge in [-0.15, -0.1) is 0 Å². The molecular weight excluding hydrogens is 162 g/mol. The molecule has 0 aliphatic heterocycles. The number of nitrogen functional groups attached to an aromatic ring is 1. The van der Waals surface area contributed by atoms with Gasteiger partial charge in [0.05, 0.1) is 0 Å². The maximum atomic E-state index is 5.77. The van der Waals surface area contributed by atoms with Crippen LogP contribution in [0.2, 0.25) is 0 Å². The van der Waals surface area contributed by atoms with E-state index in [1.165, 1.54) is 0 Å². The number of pyridine rings is 2. The van der Waals surface area contributed by atoms with Crippen LogP contribution in [-0.2, 0) is 6.42 Å². The molecule has 2 aromatic rings. The van der Waals surface area contributed by atoms with Gasteiger partial charge >= 0.3 is 0 Å². The Morgan fingerprint density at radius 2 is 2.15 bits per heavy atom. The third-order valence-corrected chi connectivity index (χ3v) is 2.06. The Hall–Kier alpha value is -1.64. The number of anilines is 1. The molecule has 0 unspecified atom stereocenters. The molecule has 2 rings (SSSR count). The highest BCUT2D eigenvalue weighted by atomic mass is 14.8. The minimum atomic E-state index is 0.736. The van der Waals surface area contributed by atoms with Crippen molar-refractivity contribution in [3.63, 3.8) is 0 Å². The first-order chi connectivity index (χ1) is 6.31. The lowest BCUT2D eigenvalue weighted by molar-refractivity contribution is 1.05. The normalized spacial score (nSPS) is 10.5. The second-order valence-corrected chi connectivity index (χ2v) is 2.93. The molecule has 0 amide bonds. The van der Waals surface area contributed by atoms with Crippen LogP contribution in [0.1, 0.15) is 12.6 Å². The third-order valence-electron chi connectivity index (χ3n) is 2.06. The maximum Gasteiger partial charge on any atom is 0.161 e. The van der Waals surface area contributed by atoms with Crippen LogP contribution < -0.4 is 5.73 Å². The number of rotatable bonds is 1. The van der Waals surface area contributed by atoms with Crippen LogP contribution in [0.25, 0.3) is 11.0 Å². The number of hydrogen-bond donors (Lipinski definition) is 1. The second kappa shape index (κ2) is 3.01. The molecule has 3 nitrogen and oxygen atoms in total. The monoisotopic (exact) mass is 173 g/mol. The van der Waals surface area contributed by atoms with E-state index in [1.807, 2.05) is 12.1 Å². The van der Waals surface area contributed by atoms with E-state index in [0.717, 1.165) is 28.8 Å². The SMILES string of the molecule is CCc1ccc2c(N)ccnc2n1. The first kappa shape index (κ1) is 7.98. The van der Waals surface area contributed by atoms with E-state index < -0.39 is 0 Å². The van der Waals surface area contributed by atoms with Gasteiger partial charge in [-0.25, -0.2) is 9.97 Å². The van der Waals surface area contributed by atoms with E-state index in [9.17, 15) is 0 Å². The molecule has 0 atom stereocenters. The fraction of sp³-hybridized carbons (Fsp3) is 0.200. The Balaban J connectivity index is 2.72.